The summed E-state index contributed by atoms with van der Waals surface area (Å²) in [6.45, 7) is 10.1. The monoisotopic (exact) mass is 1300 g/mol. The van der Waals surface area contributed by atoms with Crippen molar-refractivity contribution >= 4 is 100 Å². The third-order valence-corrected chi connectivity index (χ3v) is 20.9. The first-order valence-electron chi connectivity index (χ1n) is 32.2. The first-order valence-corrected chi connectivity index (χ1v) is 32.2. The number of aromatic amines is 3. The van der Waals surface area contributed by atoms with Crippen molar-refractivity contribution in [2.45, 2.75) is 64.6 Å². The van der Waals surface area contributed by atoms with Crippen molar-refractivity contribution in [1.29, 1.82) is 0 Å². The first-order chi connectivity index (χ1) is 46.6. The average Bonchev–Trinajstić information content (AvgIpc) is 1.51. The van der Waals surface area contributed by atoms with Crippen LogP contribution in [0.25, 0.3) is 65.8 Å². The molecule has 3 aliphatic heterocycles. The van der Waals surface area contributed by atoms with Gasteiger partial charge < -0.3 is 71.3 Å². The number of benzene rings is 3. The molecule has 3 saturated carbocycles. The summed E-state index contributed by atoms with van der Waals surface area (Å²) in [6, 6.07) is 9.26. The fraction of sp³-hybridized carbons (Fsp3) is 0.364. The fourth-order valence-electron chi connectivity index (χ4n) is 15.7. The Kier molecular flexibility index (Phi) is 13.1. The highest BCUT2D eigenvalue weighted by Gasteiger charge is 2.59. The maximum Gasteiger partial charge on any atom is 0.326 e. The van der Waals surface area contributed by atoms with Crippen LogP contribution in [0, 0.1) is 66.8 Å². The molecule has 18 rings (SSSR count). The Morgan fingerprint density at radius 3 is 1.42 bits per heavy atom. The third kappa shape index (κ3) is 9.64. The zero-order valence-corrected chi connectivity index (χ0v) is 52.6. The first kappa shape index (κ1) is 58.0. The van der Waals surface area contributed by atoms with Gasteiger partial charge in [0.15, 0.2) is 17.2 Å². The van der Waals surface area contributed by atoms with E-state index in [-0.39, 0.29) is 64.7 Å². The molecule has 27 nitrogen and oxygen atoms in total. The maximum atomic E-state index is 16.2. The number of aryl methyl sites for hydroxylation is 3. The van der Waals surface area contributed by atoms with Crippen LogP contribution in [0.15, 0.2) is 73.6 Å². The topological polar surface area (TPSA) is 340 Å². The summed E-state index contributed by atoms with van der Waals surface area (Å²) in [7, 11) is 1.74. The number of piperidine rings is 1. The molecule has 11 N–H and O–H groups in total. The zero-order chi connectivity index (χ0) is 65.0. The molecule has 12 heterocycles. The van der Waals surface area contributed by atoms with Gasteiger partial charge in [-0.05, 0) is 101 Å². The number of H-pyrrole nitrogens is 3. The number of halogens is 3. The molecule has 0 bridgehead atoms. The van der Waals surface area contributed by atoms with E-state index in [0.717, 1.165) is 38.8 Å². The number of hydrogen-bond acceptors (Lipinski definition) is 24. The number of nitrogens with two attached hydrogens (primary N) is 2. The number of ether oxygens (including phenoxy) is 3. The van der Waals surface area contributed by atoms with Crippen LogP contribution < -0.4 is 61.6 Å². The molecule has 3 aliphatic carbocycles. The molecule has 2 spiro atoms. The Morgan fingerprint density at radius 2 is 0.979 bits per heavy atom. The van der Waals surface area contributed by atoms with Crippen molar-refractivity contribution in [1.82, 2.24) is 80.1 Å². The van der Waals surface area contributed by atoms with E-state index in [1.165, 1.54) is 36.4 Å². The van der Waals surface area contributed by atoms with E-state index in [1.807, 2.05) is 0 Å². The smallest absolute Gasteiger partial charge is 0.326 e. The van der Waals surface area contributed by atoms with Crippen molar-refractivity contribution in [3.63, 3.8) is 0 Å². The predicted octanol–water partition coefficient (Wildman–Crippen LogP) is 8.77. The number of aromatic nitrogens is 15. The lowest BCUT2D eigenvalue weighted by Crippen LogP contribution is -2.74. The quantitative estimate of drug-likeness (QED) is 0.0384. The molecule has 9 aromatic heterocycles. The molecular formula is C66H65F3N24O3. The summed E-state index contributed by atoms with van der Waals surface area (Å²) >= 11 is 0. The second-order valence-corrected chi connectivity index (χ2v) is 26.7. The molecule has 12 aromatic rings. The Labute approximate surface area is 544 Å². The summed E-state index contributed by atoms with van der Waals surface area (Å²) in [5.74, 6) is 4.02. The van der Waals surface area contributed by atoms with E-state index in [4.69, 9.17) is 55.6 Å². The van der Waals surface area contributed by atoms with Crippen LogP contribution in [0.4, 0.5) is 47.7 Å². The van der Waals surface area contributed by atoms with Gasteiger partial charge in [-0.3, -0.25) is 5.32 Å². The molecule has 0 radical (unpaired) electrons. The van der Waals surface area contributed by atoms with Gasteiger partial charge >= 0.3 is 18.0 Å². The Morgan fingerprint density at radius 1 is 0.542 bits per heavy atom. The SMILES string of the molecule is CNc1cc(F)cc2c1[nH]c1nc(Oc3cnc(C)nc3)nc(N3CC4(CC(CNc5cc(F)cc6c5[nH]c5nc(Oc7cnc(C)nc7)nc(N7C[C@@H]8C(NCNc9cc(F)cc%10c9[nH]c9nc(Oc%11cnc(C)nc%11)nc(N%11CC[C@]%12(CC[C@@H]%12N)C%11)c9%10)[C@@H]8C7)c56)[C@@H]4N)C3)c12. The van der Waals surface area contributed by atoms with Crippen LogP contribution in [0.2, 0.25) is 0 Å². The maximum absolute atomic E-state index is 16.2. The van der Waals surface area contributed by atoms with Crippen LogP contribution in [0.5, 0.6) is 35.3 Å². The van der Waals surface area contributed by atoms with Crippen LogP contribution in [0.3, 0.4) is 0 Å². The highest BCUT2D eigenvalue weighted by Crippen LogP contribution is 2.55. The molecule has 7 atom stereocenters. The van der Waals surface area contributed by atoms with Gasteiger partial charge in [0.05, 0.1) is 93.6 Å². The Bertz CT molecular complexity index is 5120. The highest BCUT2D eigenvalue weighted by atomic mass is 19.1. The van der Waals surface area contributed by atoms with Crippen LogP contribution in [-0.2, 0) is 0 Å². The number of rotatable bonds is 17. The minimum Gasteiger partial charge on any atom is -0.421 e. The average molecular weight is 1300 g/mol. The summed E-state index contributed by atoms with van der Waals surface area (Å²) in [5, 5.41) is 17.7. The van der Waals surface area contributed by atoms with E-state index in [9.17, 15) is 0 Å². The predicted molar refractivity (Wildman–Crippen MR) is 354 cm³/mol. The van der Waals surface area contributed by atoms with Crippen molar-refractivity contribution in [2.75, 3.05) is 90.2 Å². The van der Waals surface area contributed by atoms with Gasteiger partial charge in [0.25, 0.3) is 0 Å². The number of anilines is 6. The van der Waals surface area contributed by atoms with Gasteiger partial charge in [0, 0.05) is 98.0 Å². The summed E-state index contributed by atoms with van der Waals surface area (Å²) in [6.07, 6.45) is 13.2. The minimum absolute atomic E-state index is 0.00856. The molecular weight excluding hydrogens is 1230 g/mol. The number of fused-ring (bicyclic) bond motifs is 10. The number of nitrogens with one attached hydrogen (secondary N) is 7. The third-order valence-electron chi connectivity index (χ3n) is 20.9. The van der Waals surface area contributed by atoms with Crippen molar-refractivity contribution < 1.29 is 27.4 Å². The number of nitrogens with zero attached hydrogens (tertiary/aromatic N) is 15. The van der Waals surface area contributed by atoms with Crippen molar-refractivity contribution in [3.05, 3.63) is 109 Å². The molecule has 2 unspecified atom stereocenters. The van der Waals surface area contributed by atoms with Gasteiger partial charge in [-0.25, -0.2) is 43.1 Å². The normalized spacial score (nSPS) is 22.4. The van der Waals surface area contributed by atoms with E-state index in [0.29, 0.717) is 174 Å². The van der Waals surface area contributed by atoms with Crippen molar-refractivity contribution in [3.8, 4) is 35.3 Å². The van der Waals surface area contributed by atoms with Gasteiger partial charge in [-0.1, -0.05) is 0 Å². The summed E-state index contributed by atoms with van der Waals surface area (Å²) in [5.41, 5.74) is 18.7. The molecule has 6 aliphatic rings. The largest absolute Gasteiger partial charge is 0.421 e. The van der Waals surface area contributed by atoms with Gasteiger partial charge in [-0.2, -0.15) is 29.9 Å². The summed E-state index contributed by atoms with van der Waals surface area (Å²) in [4.78, 5) is 72.0. The van der Waals surface area contributed by atoms with Crippen LogP contribution in [0.1, 0.15) is 43.2 Å². The lowest BCUT2D eigenvalue weighted by molar-refractivity contribution is -0.00292. The molecule has 30 heteroatoms. The fourth-order valence-corrected chi connectivity index (χ4v) is 15.7. The summed E-state index contributed by atoms with van der Waals surface area (Å²) < 4.78 is 65.7. The molecule has 3 saturated heterocycles. The van der Waals surface area contributed by atoms with Gasteiger partial charge in [0.2, 0.25) is 0 Å². The number of hydrogen-bond donors (Lipinski definition) is 9. The van der Waals surface area contributed by atoms with Crippen molar-refractivity contribution in [2.24, 2.45) is 40.1 Å². The molecule has 0 amide bonds. The highest BCUT2D eigenvalue weighted by molar-refractivity contribution is 6.17. The molecule has 96 heavy (non-hydrogen) atoms. The molecule has 6 fully saturated rings. The zero-order valence-electron chi connectivity index (χ0n) is 52.6. The van der Waals surface area contributed by atoms with E-state index in [1.54, 1.807) is 65.0 Å². The van der Waals surface area contributed by atoms with E-state index in [2.05, 4.69) is 80.8 Å². The molecule has 488 valence electrons. The lowest BCUT2D eigenvalue weighted by Gasteiger charge is -2.63. The lowest BCUT2D eigenvalue weighted by atomic mass is 9.54. The van der Waals surface area contributed by atoms with Crippen LogP contribution >= 0.6 is 0 Å². The van der Waals surface area contributed by atoms with Gasteiger partial charge in [0.1, 0.15) is 69.3 Å². The van der Waals surface area contributed by atoms with E-state index < -0.39 is 17.5 Å². The molecule has 3 aromatic carbocycles. The van der Waals surface area contributed by atoms with Gasteiger partial charge in [-0.15, -0.1) is 0 Å². The Hall–Kier alpha value is -10.6. The van der Waals surface area contributed by atoms with E-state index >= 15 is 13.2 Å². The second-order valence-electron chi connectivity index (χ2n) is 26.7. The second kappa shape index (κ2) is 21.7. The van der Waals surface area contributed by atoms with Crippen LogP contribution in [-0.4, -0.2) is 152 Å². The minimum atomic E-state index is -0.435. The standard InChI is InChI=1S/C66H65F3N24O3/c1-29-73-17-36(18-74-29)94-62-85-56-48(59(88-62)91-8-7-65(25-91)6-5-47(65)70)40-11-35(69)14-46(54(40)84-56)80-28-81-51-42-23-92(24-43(42)51)60-49-41-10-34(68)13-45(53(41)83-57(49)86-63(89-60)95-37-19-75-30(2)76-20-37)79-16-32-15-66(55(32)71)26-93(27-66)61-50-39-9-33(67)12-44(72-4)52(39)82-58(50)87-64(90-61)96-38-21-77-31(3)78-22-38/h9-14,17-22,32,42-43,47,51,55,72,79-81H,5-8,15-16,23-28,70-71H2,1-4H3,(H,82,87,90)(H,83,86,89)(H,84,85,88)/t32?,42-,43+,47-,51?,55-,65+/m0/s1. The Balaban J connectivity index is 0.580.